The number of phenolic OH excluding ortho intramolecular Hbond substituents is 1. The summed E-state index contributed by atoms with van der Waals surface area (Å²) >= 11 is 0. The van der Waals surface area contributed by atoms with E-state index in [0.29, 0.717) is 18.4 Å². The smallest absolute Gasteiger partial charge is 0.165 e. The van der Waals surface area contributed by atoms with E-state index in [9.17, 15) is 5.11 Å². The van der Waals surface area contributed by atoms with Gasteiger partial charge in [-0.05, 0) is 68.6 Å². The van der Waals surface area contributed by atoms with E-state index in [2.05, 4.69) is 42.0 Å². The second kappa shape index (κ2) is 7.91. The average Bonchev–Trinajstić information content (AvgIpc) is 2.94. The van der Waals surface area contributed by atoms with Gasteiger partial charge in [0.05, 0.1) is 0 Å². The summed E-state index contributed by atoms with van der Waals surface area (Å²) < 4.78 is 5.92. The minimum Gasteiger partial charge on any atom is -0.504 e. The lowest BCUT2D eigenvalue weighted by Crippen LogP contribution is -2.32. The number of ether oxygens (including phenoxy) is 1. The molecule has 2 heterocycles. The zero-order valence-electron chi connectivity index (χ0n) is 16.4. The van der Waals surface area contributed by atoms with Gasteiger partial charge in [0, 0.05) is 31.2 Å². The van der Waals surface area contributed by atoms with Gasteiger partial charge in [-0.3, -0.25) is 4.90 Å². The maximum atomic E-state index is 10.6. The molecule has 1 atom stereocenters. The number of aryl methyl sites for hydroxylation is 1. The van der Waals surface area contributed by atoms with Crippen molar-refractivity contribution in [2.24, 2.45) is 0 Å². The van der Waals surface area contributed by atoms with E-state index in [1.165, 1.54) is 36.9 Å². The van der Waals surface area contributed by atoms with Gasteiger partial charge in [0.2, 0.25) is 0 Å². The Morgan fingerprint density at radius 3 is 2.81 bits per heavy atom. The number of fused-ring (bicyclic) bond motifs is 1. The molecule has 0 bridgehead atoms. The number of nitrogens with zero attached hydrogens (tertiary/aromatic N) is 2. The molecule has 4 heteroatoms. The molecule has 0 amide bonds. The number of phenols is 1. The van der Waals surface area contributed by atoms with Gasteiger partial charge in [0.1, 0.15) is 6.61 Å². The van der Waals surface area contributed by atoms with Crippen LogP contribution < -0.4 is 4.74 Å². The molecule has 1 fully saturated rings. The molecule has 1 N–H and O–H groups in total. The molecule has 2 aromatic carbocycles. The van der Waals surface area contributed by atoms with Crippen LogP contribution in [0.2, 0.25) is 0 Å². The average molecular weight is 367 g/mol. The molecule has 0 aromatic heterocycles. The van der Waals surface area contributed by atoms with E-state index in [1.807, 2.05) is 18.2 Å². The Kier molecular flexibility index (Phi) is 5.37. The van der Waals surface area contributed by atoms with E-state index in [-0.39, 0.29) is 5.75 Å². The minimum atomic E-state index is 0.253. The van der Waals surface area contributed by atoms with Crippen molar-refractivity contribution in [2.75, 3.05) is 33.3 Å². The van der Waals surface area contributed by atoms with E-state index >= 15 is 0 Å². The predicted octanol–water partition coefficient (Wildman–Crippen LogP) is 4.05. The summed E-state index contributed by atoms with van der Waals surface area (Å²) in [4.78, 5) is 4.96. The van der Waals surface area contributed by atoms with Crippen LogP contribution in [0.3, 0.4) is 0 Å². The molecule has 1 saturated heterocycles. The molecule has 144 valence electrons. The third-order valence-electron chi connectivity index (χ3n) is 6.10. The number of likely N-dealkylation sites (tertiary alicyclic amines) is 1. The van der Waals surface area contributed by atoms with E-state index in [4.69, 9.17) is 4.74 Å². The van der Waals surface area contributed by atoms with Crippen LogP contribution in [0.1, 0.15) is 30.4 Å². The van der Waals surface area contributed by atoms with Gasteiger partial charge < -0.3 is 14.7 Å². The Bertz CT molecular complexity index is 805. The fourth-order valence-corrected chi connectivity index (χ4v) is 4.47. The molecule has 0 spiro atoms. The van der Waals surface area contributed by atoms with Crippen LogP contribution in [-0.4, -0.2) is 54.2 Å². The fourth-order valence-electron chi connectivity index (χ4n) is 4.47. The van der Waals surface area contributed by atoms with Gasteiger partial charge in [0.15, 0.2) is 11.5 Å². The molecule has 0 aliphatic carbocycles. The van der Waals surface area contributed by atoms with Gasteiger partial charge >= 0.3 is 0 Å². The van der Waals surface area contributed by atoms with Crippen LogP contribution in [0.25, 0.3) is 11.1 Å². The van der Waals surface area contributed by atoms with Gasteiger partial charge in [-0.15, -0.1) is 0 Å². The first-order valence-electron chi connectivity index (χ1n) is 10.1. The summed E-state index contributed by atoms with van der Waals surface area (Å²) in [5.74, 6) is 0.913. The molecule has 4 rings (SSSR count). The molecular formula is C23H30N2O2. The van der Waals surface area contributed by atoms with Crippen LogP contribution in [0.15, 0.2) is 36.4 Å². The van der Waals surface area contributed by atoms with Crippen LogP contribution >= 0.6 is 0 Å². The Hall–Kier alpha value is -2.04. The summed E-state index contributed by atoms with van der Waals surface area (Å²) in [6.45, 7) is 6.78. The molecule has 4 nitrogen and oxygen atoms in total. The molecule has 2 aliphatic heterocycles. The standard InChI is InChI=1S/C23H30N2O2/c1-17-6-3-4-8-21(17)18-14-19-16-25(11-9-20-7-5-10-24(20)2)12-13-27-23(19)22(26)15-18/h3-4,6,8,14-15,20,26H,5,7,9-13,16H2,1-2H3/t20-/m0/s1. The molecule has 0 radical (unpaired) electrons. The highest BCUT2D eigenvalue weighted by atomic mass is 16.5. The third kappa shape index (κ3) is 3.97. The van der Waals surface area contributed by atoms with Gasteiger partial charge in [-0.2, -0.15) is 0 Å². The highest BCUT2D eigenvalue weighted by Gasteiger charge is 2.24. The van der Waals surface area contributed by atoms with E-state index < -0.39 is 0 Å². The van der Waals surface area contributed by atoms with Crippen molar-refractivity contribution in [2.45, 2.75) is 38.8 Å². The number of rotatable bonds is 4. The van der Waals surface area contributed by atoms with Crippen LogP contribution in [0.5, 0.6) is 11.5 Å². The van der Waals surface area contributed by atoms with Crippen molar-refractivity contribution in [3.63, 3.8) is 0 Å². The zero-order chi connectivity index (χ0) is 18.8. The van der Waals surface area contributed by atoms with Crippen molar-refractivity contribution >= 4 is 0 Å². The second-order valence-electron chi connectivity index (χ2n) is 7.99. The molecular weight excluding hydrogens is 336 g/mol. The topological polar surface area (TPSA) is 35.9 Å². The third-order valence-corrected chi connectivity index (χ3v) is 6.10. The number of hydrogen-bond acceptors (Lipinski definition) is 4. The summed E-state index contributed by atoms with van der Waals surface area (Å²) in [7, 11) is 2.24. The lowest BCUT2D eigenvalue weighted by atomic mass is 9.97. The van der Waals surface area contributed by atoms with Crippen LogP contribution in [-0.2, 0) is 6.54 Å². The van der Waals surface area contributed by atoms with Crippen molar-refractivity contribution in [3.8, 4) is 22.6 Å². The minimum absolute atomic E-state index is 0.253. The quantitative estimate of drug-likeness (QED) is 0.886. The SMILES string of the molecule is Cc1ccccc1-c1cc(O)c2c(c1)CN(CC[C@@H]1CCCN1C)CCO2. The van der Waals surface area contributed by atoms with Crippen LogP contribution in [0, 0.1) is 6.92 Å². The maximum absolute atomic E-state index is 10.6. The first kappa shape index (κ1) is 18.3. The highest BCUT2D eigenvalue weighted by Crippen LogP contribution is 2.38. The van der Waals surface area contributed by atoms with Crippen molar-refractivity contribution < 1.29 is 9.84 Å². The Morgan fingerprint density at radius 2 is 2.04 bits per heavy atom. The largest absolute Gasteiger partial charge is 0.504 e. The lowest BCUT2D eigenvalue weighted by Gasteiger charge is -2.24. The molecule has 27 heavy (non-hydrogen) atoms. The highest BCUT2D eigenvalue weighted by molar-refractivity contribution is 5.71. The Balaban J connectivity index is 1.55. The normalized spacial score (nSPS) is 20.9. The number of benzene rings is 2. The van der Waals surface area contributed by atoms with Crippen LogP contribution in [0.4, 0.5) is 0 Å². The first-order valence-corrected chi connectivity index (χ1v) is 10.1. The number of aromatic hydroxyl groups is 1. The van der Waals surface area contributed by atoms with Gasteiger partial charge in [-0.1, -0.05) is 24.3 Å². The van der Waals surface area contributed by atoms with Crippen molar-refractivity contribution in [1.29, 1.82) is 0 Å². The zero-order valence-corrected chi connectivity index (χ0v) is 16.4. The second-order valence-corrected chi connectivity index (χ2v) is 7.99. The monoisotopic (exact) mass is 366 g/mol. The van der Waals surface area contributed by atoms with Gasteiger partial charge in [-0.25, -0.2) is 0 Å². The van der Waals surface area contributed by atoms with Gasteiger partial charge in [0.25, 0.3) is 0 Å². The predicted molar refractivity (Wildman–Crippen MR) is 109 cm³/mol. The fraction of sp³-hybridized carbons (Fsp3) is 0.478. The lowest BCUT2D eigenvalue weighted by molar-refractivity contribution is 0.197. The summed E-state index contributed by atoms with van der Waals surface area (Å²) in [6, 6.07) is 13.1. The van der Waals surface area contributed by atoms with E-state index in [1.54, 1.807) is 0 Å². The molecule has 0 unspecified atom stereocenters. The van der Waals surface area contributed by atoms with E-state index in [0.717, 1.165) is 30.8 Å². The maximum Gasteiger partial charge on any atom is 0.165 e. The molecule has 0 saturated carbocycles. The Morgan fingerprint density at radius 1 is 1.19 bits per heavy atom. The molecule has 2 aliphatic rings. The van der Waals surface area contributed by atoms with Crippen molar-refractivity contribution in [3.05, 3.63) is 47.5 Å². The summed E-state index contributed by atoms with van der Waals surface area (Å²) in [6.07, 6.45) is 3.84. The summed E-state index contributed by atoms with van der Waals surface area (Å²) in [5.41, 5.74) is 4.53. The first-order chi connectivity index (χ1) is 13.1. The number of hydrogen-bond donors (Lipinski definition) is 1. The molecule has 2 aromatic rings. The Labute approximate surface area is 162 Å². The van der Waals surface area contributed by atoms with Crippen molar-refractivity contribution in [1.82, 2.24) is 9.80 Å². The summed E-state index contributed by atoms with van der Waals surface area (Å²) in [5, 5.41) is 10.6.